The average molecular weight is 320 g/mol. The number of nitrogens with one attached hydrogen (secondary N) is 1. The van der Waals surface area contributed by atoms with E-state index in [1.807, 2.05) is 0 Å². The van der Waals surface area contributed by atoms with Crippen LogP contribution in [0.3, 0.4) is 0 Å². The lowest BCUT2D eigenvalue weighted by Gasteiger charge is -2.08. The van der Waals surface area contributed by atoms with Crippen LogP contribution in [0.25, 0.3) is 10.9 Å². The third-order valence-electron chi connectivity index (χ3n) is 2.30. The van der Waals surface area contributed by atoms with Crippen molar-refractivity contribution >= 4 is 51.8 Å². The molecule has 100 valence electrons. The summed E-state index contributed by atoms with van der Waals surface area (Å²) in [5, 5.41) is 19.4. The molecule has 3 N–H and O–H groups in total. The van der Waals surface area contributed by atoms with Crippen molar-refractivity contribution in [2.24, 2.45) is 0 Å². The van der Waals surface area contributed by atoms with Crippen LogP contribution in [-0.4, -0.2) is 26.9 Å². The Balaban J connectivity index is 2.67. The van der Waals surface area contributed by atoms with Crippen LogP contribution in [0, 0.1) is 0 Å². The molecule has 19 heavy (non-hydrogen) atoms. The van der Waals surface area contributed by atoms with Gasteiger partial charge in [0.1, 0.15) is 10.6 Å². The van der Waals surface area contributed by atoms with Crippen LogP contribution in [0.4, 0.5) is 0 Å². The molecule has 2 rings (SSSR count). The first kappa shape index (κ1) is 14.0. The highest BCUT2D eigenvalue weighted by atomic mass is 35.5. The summed E-state index contributed by atoms with van der Waals surface area (Å²) < 4.78 is 0. The first-order valence-electron chi connectivity index (χ1n) is 4.98. The number of pyridine rings is 1. The molecule has 0 spiro atoms. The normalized spacial score (nSPS) is 10.8. The maximum absolute atomic E-state index is 11.8. The molecule has 0 atom stereocenters. The van der Waals surface area contributed by atoms with E-state index in [-0.39, 0.29) is 26.8 Å². The minimum absolute atomic E-state index is 0.0841. The second kappa shape index (κ2) is 5.32. The first-order chi connectivity index (χ1) is 8.90. The number of aliphatic carboxylic acids is 1. The van der Waals surface area contributed by atoms with Gasteiger partial charge in [-0.05, 0) is 12.1 Å². The van der Waals surface area contributed by atoms with E-state index in [2.05, 4.69) is 4.98 Å². The second-order valence-electron chi connectivity index (χ2n) is 3.62. The van der Waals surface area contributed by atoms with Crippen molar-refractivity contribution < 1.29 is 15.0 Å². The zero-order valence-corrected chi connectivity index (χ0v) is 11.6. The van der Waals surface area contributed by atoms with Crippen molar-refractivity contribution in [3.8, 4) is 5.75 Å². The van der Waals surface area contributed by atoms with E-state index in [0.717, 1.165) is 11.8 Å². The fraction of sp³-hybridized carbons (Fsp3) is 0.0909. The number of carboxylic acids is 1. The molecule has 1 aromatic carbocycles. The molecule has 0 bridgehead atoms. The smallest absolute Gasteiger partial charge is 0.313 e. The molecule has 0 aliphatic heterocycles. The lowest BCUT2D eigenvalue weighted by Crippen LogP contribution is -2.10. The van der Waals surface area contributed by atoms with Gasteiger partial charge >= 0.3 is 5.97 Å². The maximum Gasteiger partial charge on any atom is 0.313 e. The van der Waals surface area contributed by atoms with Crippen molar-refractivity contribution in [2.75, 3.05) is 5.75 Å². The largest absolute Gasteiger partial charge is 0.506 e. The van der Waals surface area contributed by atoms with Gasteiger partial charge in [0.15, 0.2) is 0 Å². The van der Waals surface area contributed by atoms with Gasteiger partial charge < -0.3 is 15.2 Å². The molecule has 0 radical (unpaired) electrons. The SMILES string of the molecule is O=C(O)CSc1c(O)c2c(Cl)cc(Cl)cc2[nH]c1=O. The second-order valence-corrected chi connectivity index (χ2v) is 5.45. The van der Waals surface area contributed by atoms with Gasteiger partial charge in [-0.1, -0.05) is 23.2 Å². The molecule has 1 aromatic heterocycles. The molecule has 0 saturated carbocycles. The number of benzene rings is 1. The van der Waals surface area contributed by atoms with E-state index in [1.54, 1.807) is 0 Å². The summed E-state index contributed by atoms with van der Waals surface area (Å²) in [4.78, 5) is 24.7. The highest BCUT2D eigenvalue weighted by Gasteiger charge is 2.16. The molecular weight excluding hydrogens is 313 g/mol. The van der Waals surface area contributed by atoms with Crippen LogP contribution in [-0.2, 0) is 4.79 Å². The number of aromatic amines is 1. The monoisotopic (exact) mass is 319 g/mol. The highest BCUT2D eigenvalue weighted by molar-refractivity contribution is 8.00. The number of carboxylic acid groups (broad SMARTS) is 1. The van der Waals surface area contributed by atoms with Crippen molar-refractivity contribution in [1.29, 1.82) is 0 Å². The van der Waals surface area contributed by atoms with Crippen molar-refractivity contribution in [3.63, 3.8) is 0 Å². The minimum Gasteiger partial charge on any atom is -0.506 e. The van der Waals surface area contributed by atoms with Crippen LogP contribution >= 0.6 is 35.0 Å². The van der Waals surface area contributed by atoms with Gasteiger partial charge in [0.25, 0.3) is 5.56 Å². The molecule has 0 saturated heterocycles. The minimum atomic E-state index is -1.09. The number of carbonyl (C=O) groups is 1. The van der Waals surface area contributed by atoms with Crippen LogP contribution in [0.5, 0.6) is 5.75 Å². The van der Waals surface area contributed by atoms with Gasteiger partial charge in [0.05, 0.1) is 21.7 Å². The summed E-state index contributed by atoms with van der Waals surface area (Å²) in [5.41, 5.74) is -0.297. The number of rotatable bonds is 3. The molecule has 0 aliphatic rings. The Morgan fingerprint density at radius 2 is 2.05 bits per heavy atom. The Morgan fingerprint density at radius 1 is 1.37 bits per heavy atom. The number of H-pyrrole nitrogens is 1. The molecule has 0 aliphatic carbocycles. The quantitative estimate of drug-likeness (QED) is 0.757. The van der Waals surface area contributed by atoms with Crippen LogP contribution in [0.1, 0.15) is 0 Å². The van der Waals surface area contributed by atoms with Crippen molar-refractivity contribution in [1.82, 2.24) is 4.98 Å². The van der Waals surface area contributed by atoms with E-state index in [1.165, 1.54) is 12.1 Å². The standard InChI is InChI=1S/C11H7Cl2NO4S/c12-4-1-5(13)8-6(2-4)14-11(18)10(9(8)17)19-3-7(15)16/h1-2H,3H2,(H,15,16)(H2,14,17,18). The summed E-state index contributed by atoms with van der Waals surface area (Å²) in [6.45, 7) is 0. The highest BCUT2D eigenvalue weighted by Crippen LogP contribution is 2.37. The van der Waals surface area contributed by atoms with Gasteiger partial charge in [-0.15, -0.1) is 11.8 Å². The Bertz CT molecular complexity index is 729. The number of halogens is 2. The summed E-state index contributed by atoms with van der Waals surface area (Å²) in [7, 11) is 0. The number of aromatic hydroxyl groups is 1. The van der Waals surface area contributed by atoms with Crippen LogP contribution < -0.4 is 5.56 Å². The van der Waals surface area contributed by atoms with Crippen LogP contribution in [0.2, 0.25) is 10.0 Å². The predicted octanol–water partition coefficient (Wildman–Crippen LogP) is 2.72. The van der Waals surface area contributed by atoms with Gasteiger partial charge in [-0.25, -0.2) is 0 Å². The molecule has 0 unspecified atom stereocenters. The molecule has 0 fully saturated rings. The number of thioether (sulfide) groups is 1. The zero-order chi connectivity index (χ0) is 14.2. The summed E-state index contributed by atoms with van der Waals surface area (Å²) in [6.07, 6.45) is 0. The molecule has 5 nitrogen and oxygen atoms in total. The van der Waals surface area contributed by atoms with E-state index < -0.39 is 11.5 Å². The average Bonchev–Trinajstić information content (AvgIpc) is 2.26. The fourth-order valence-corrected chi connectivity index (χ4v) is 2.85. The van der Waals surface area contributed by atoms with Crippen molar-refractivity contribution in [3.05, 3.63) is 32.5 Å². The van der Waals surface area contributed by atoms with Gasteiger partial charge in [0.2, 0.25) is 0 Å². The third kappa shape index (κ3) is 2.80. The number of aromatic nitrogens is 1. The summed E-state index contributed by atoms with van der Waals surface area (Å²) in [5.74, 6) is -1.77. The maximum atomic E-state index is 11.8. The third-order valence-corrected chi connectivity index (χ3v) is 3.88. The molecule has 2 aromatic rings. The van der Waals surface area contributed by atoms with E-state index in [4.69, 9.17) is 28.3 Å². The zero-order valence-electron chi connectivity index (χ0n) is 9.24. The van der Waals surface area contributed by atoms with E-state index in [9.17, 15) is 14.7 Å². The van der Waals surface area contributed by atoms with Gasteiger partial charge in [-0.2, -0.15) is 0 Å². The summed E-state index contributed by atoms with van der Waals surface area (Å²) in [6, 6.07) is 2.88. The van der Waals surface area contributed by atoms with E-state index >= 15 is 0 Å². The molecular formula is C11H7Cl2NO4S. The summed E-state index contributed by atoms with van der Waals surface area (Å²) >= 11 is 12.5. The molecule has 1 heterocycles. The number of hydrogen-bond acceptors (Lipinski definition) is 4. The molecule has 8 heteroatoms. The van der Waals surface area contributed by atoms with Crippen LogP contribution in [0.15, 0.2) is 21.8 Å². The van der Waals surface area contributed by atoms with Gasteiger partial charge in [0, 0.05) is 5.02 Å². The van der Waals surface area contributed by atoms with Crippen molar-refractivity contribution in [2.45, 2.75) is 4.90 Å². The lowest BCUT2D eigenvalue weighted by molar-refractivity contribution is -0.133. The predicted molar refractivity (Wildman–Crippen MR) is 74.6 cm³/mol. The Hall–Kier alpha value is -1.37. The first-order valence-corrected chi connectivity index (χ1v) is 6.73. The Kier molecular flexibility index (Phi) is 3.93. The Labute approximate surface area is 121 Å². The number of hydrogen-bond donors (Lipinski definition) is 3. The molecule has 0 amide bonds. The number of fused-ring (bicyclic) bond motifs is 1. The lowest BCUT2D eigenvalue weighted by atomic mass is 10.2. The van der Waals surface area contributed by atoms with E-state index in [0.29, 0.717) is 10.5 Å². The topological polar surface area (TPSA) is 90.4 Å². The fourth-order valence-electron chi connectivity index (χ4n) is 1.58. The Morgan fingerprint density at radius 3 is 2.68 bits per heavy atom. The van der Waals surface area contributed by atoms with Gasteiger partial charge in [-0.3, -0.25) is 9.59 Å².